The number of aliphatic hydroxyl groups excluding tert-OH is 1. The van der Waals surface area contributed by atoms with Crippen molar-refractivity contribution in [2.45, 2.75) is 24.4 Å². The average molecular weight is 509 g/mol. The number of fused-ring (bicyclic) bond motifs is 2. The molecule has 2 aliphatic heterocycles. The lowest BCUT2D eigenvalue weighted by atomic mass is 10.1. The summed E-state index contributed by atoms with van der Waals surface area (Å²) in [7, 11) is -2.38. The van der Waals surface area contributed by atoms with Gasteiger partial charge in [-0.25, -0.2) is 18.6 Å². The first-order chi connectivity index (χ1) is 16.2. The van der Waals surface area contributed by atoms with Gasteiger partial charge in [-0.15, -0.1) is 0 Å². The molecule has 2 N–H and O–H groups in total. The molecule has 180 valence electrons. The van der Waals surface area contributed by atoms with E-state index < -0.39 is 40.0 Å². The van der Waals surface area contributed by atoms with Gasteiger partial charge in [0.15, 0.2) is 6.10 Å². The lowest BCUT2D eigenvalue weighted by Gasteiger charge is -2.20. The second-order valence-electron chi connectivity index (χ2n) is 8.40. The Kier molecular flexibility index (Phi) is 6.07. The predicted molar refractivity (Wildman–Crippen MR) is 126 cm³/mol. The third kappa shape index (κ3) is 4.66. The van der Waals surface area contributed by atoms with Crippen LogP contribution in [0.2, 0.25) is 5.02 Å². The molecular weight excluding hydrogens is 487 g/mol. The molecule has 0 bridgehead atoms. The quantitative estimate of drug-likeness (QED) is 0.538. The highest BCUT2D eigenvalue weighted by atomic mass is 35.5. The Bertz CT molecular complexity index is 1370. The topological polar surface area (TPSA) is 115 Å². The molecule has 34 heavy (non-hydrogen) atoms. The summed E-state index contributed by atoms with van der Waals surface area (Å²) >= 11 is 6.52. The van der Waals surface area contributed by atoms with E-state index in [-0.39, 0.29) is 19.0 Å². The van der Waals surface area contributed by atoms with Crippen molar-refractivity contribution < 1.29 is 27.9 Å². The fourth-order valence-electron chi connectivity index (χ4n) is 4.06. The van der Waals surface area contributed by atoms with Gasteiger partial charge in [-0.3, -0.25) is 0 Å². The Labute approximate surface area is 200 Å². The Morgan fingerprint density at radius 2 is 2.00 bits per heavy atom. The van der Waals surface area contributed by atoms with Gasteiger partial charge < -0.3 is 24.6 Å². The molecule has 5 rings (SSSR count). The normalized spacial score (nSPS) is 24.3. The fourth-order valence-corrected chi connectivity index (χ4v) is 4.97. The smallest absolute Gasteiger partial charge is 0.151 e. The van der Waals surface area contributed by atoms with Crippen LogP contribution in [0.5, 0.6) is 5.75 Å². The number of nitrogens with zero attached hydrogens (tertiary/aromatic N) is 3. The average Bonchev–Trinajstić information content (AvgIpc) is 3.32. The first-order valence-corrected chi connectivity index (χ1v) is 13.1. The molecule has 2 aromatic carbocycles. The van der Waals surface area contributed by atoms with Crippen molar-refractivity contribution in [3.05, 3.63) is 47.5 Å². The molecule has 1 aromatic heterocycles. The van der Waals surface area contributed by atoms with E-state index in [9.17, 15) is 13.7 Å². The molecule has 2 aliphatic rings. The van der Waals surface area contributed by atoms with Crippen LogP contribution >= 0.6 is 11.6 Å². The molecule has 0 spiro atoms. The van der Waals surface area contributed by atoms with Crippen LogP contribution in [-0.2, 0) is 19.2 Å². The molecule has 3 aromatic rings. The highest BCUT2D eigenvalue weighted by Crippen LogP contribution is 2.37. The standard InChI is InChI=1S/C22H22ClFN4O5S/c1-34(2,30)28-12-6-13(23)19-15(7-12)25-10-26-22(19)27-14-4-3-11(24)5-17(14)33-18-9-32-20-16(29)8-31-21(18)20/h3-7,10,16,18,20-21,29H,8-9H2,1-2H3,(H,25,26,27)/t16-,18+,20+,21+/m0/s1. The molecule has 0 aliphatic carbocycles. The highest BCUT2D eigenvalue weighted by Gasteiger charge is 2.48. The number of ether oxygens (including phenoxy) is 3. The van der Waals surface area contributed by atoms with Crippen LogP contribution < -0.4 is 10.1 Å². The molecule has 9 nitrogen and oxygen atoms in total. The van der Waals surface area contributed by atoms with Crippen molar-refractivity contribution in [1.29, 1.82) is 0 Å². The van der Waals surface area contributed by atoms with E-state index in [0.29, 0.717) is 33.1 Å². The zero-order valence-electron chi connectivity index (χ0n) is 18.3. The summed E-state index contributed by atoms with van der Waals surface area (Å²) in [6, 6.07) is 7.33. The number of rotatable bonds is 5. The van der Waals surface area contributed by atoms with E-state index in [0.717, 1.165) is 0 Å². The molecule has 0 radical (unpaired) electrons. The summed E-state index contributed by atoms with van der Waals surface area (Å²) in [5.74, 6) is 0.119. The van der Waals surface area contributed by atoms with Crippen LogP contribution in [0.3, 0.4) is 0 Å². The second-order valence-corrected chi connectivity index (χ2v) is 11.4. The van der Waals surface area contributed by atoms with Gasteiger partial charge in [0.2, 0.25) is 0 Å². The first kappa shape index (κ1) is 23.2. The highest BCUT2D eigenvalue weighted by molar-refractivity contribution is 7.92. The van der Waals surface area contributed by atoms with Gasteiger partial charge in [0.05, 0.1) is 40.5 Å². The molecule has 3 heterocycles. The van der Waals surface area contributed by atoms with E-state index in [1.165, 1.54) is 37.0 Å². The van der Waals surface area contributed by atoms with Crippen LogP contribution in [-0.4, -0.2) is 69.4 Å². The van der Waals surface area contributed by atoms with Crippen LogP contribution in [0.25, 0.3) is 10.9 Å². The van der Waals surface area contributed by atoms with Crippen LogP contribution in [0, 0.1) is 5.82 Å². The molecule has 0 saturated carbocycles. The molecule has 0 unspecified atom stereocenters. The van der Waals surface area contributed by atoms with Crippen molar-refractivity contribution in [2.75, 3.05) is 31.0 Å². The Balaban J connectivity index is 1.48. The zero-order chi connectivity index (χ0) is 24.0. The Morgan fingerprint density at radius 3 is 2.79 bits per heavy atom. The number of nitrogens with one attached hydrogen (secondary N) is 1. The molecule has 0 amide bonds. The largest absolute Gasteiger partial charge is 0.483 e. The maximum absolute atomic E-state index is 14.1. The summed E-state index contributed by atoms with van der Waals surface area (Å²) in [4.78, 5) is 8.56. The van der Waals surface area contributed by atoms with Crippen molar-refractivity contribution in [1.82, 2.24) is 9.97 Å². The zero-order valence-corrected chi connectivity index (χ0v) is 19.8. The van der Waals surface area contributed by atoms with Crippen molar-refractivity contribution in [3.63, 3.8) is 0 Å². The molecular formula is C22H22ClFN4O5S. The fraction of sp³-hybridized carbons (Fsp3) is 0.364. The van der Waals surface area contributed by atoms with E-state index in [1.54, 1.807) is 12.1 Å². The van der Waals surface area contributed by atoms with Gasteiger partial charge in [-0.1, -0.05) is 11.6 Å². The van der Waals surface area contributed by atoms with Crippen LogP contribution in [0.4, 0.5) is 21.6 Å². The summed E-state index contributed by atoms with van der Waals surface area (Å²) in [5.41, 5.74) is 1.38. The predicted octanol–water partition coefficient (Wildman–Crippen LogP) is 3.43. The van der Waals surface area contributed by atoms with Crippen molar-refractivity contribution >= 4 is 49.4 Å². The Hall–Kier alpha value is -2.57. The summed E-state index contributed by atoms with van der Waals surface area (Å²) in [6.07, 6.45) is 2.26. The van der Waals surface area contributed by atoms with Crippen molar-refractivity contribution in [3.8, 4) is 5.75 Å². The number of hydrogen-bond acceptors (Lipinski definition) is 9. The number of anilines is 2. The minimum atomic E-state index is -2.38. The van der Waals surface area contributed by atoms with E-state index in [2.05, 4.69) is 19.6 Å². The molecule has 2 fully saturated rings. The van der Waals surface area contributed by atoms with Gasteiger partial charge in [-0.05, 0) is 24.3 Å². The summed E-state index contributed by atoms with van der Waals surface area (Å²) in [5, 5.41) is 13.9. The van der Waals surface area contributed by atoms with Crippen LogP contribution in [0.15, 0.2) is 41.0 Å². The number of aliphatic hydroxyl groups is 1. The van der Waals surface area contributed by atoms with Crippen molar-refractivity contribution in [2.24, 2.45) is 4.36 Å². The maximum atomic E-state index is 14.1. The van der Waals surface area contributed by atoms with Gasteiger partial charge in [0.1, 0.15) is 42.0 Å². The number of hydrogen-bond donors (Lipinski definition) is 2. The maximum Gasteiger partial charge on any atom is 0.151 e. The van der Waals surface area contributed by atoms with Gasteiger partial charge in [-0.2, -0.15) is 4.36 Å². The van der Waals surface area contributed by atoms with Gasteiger partial charge in [0, 0.05) is 28.3 Å². The minimum absolute atomic E-state index is 0.161. The van der Waals surface area contributed by atoms with Gasteiger partial charge >= 0.3 is 0 Å². The molecule has 4 atom stereocenters. The number of benzene rings is 2. The summed E-state index contributed by atoms with van der Waals surface area (Å²) < 4.78 is 47.6. The Morgan fingerprint density at radius 1 is 1.21 bits per heavy atom. The lowest BCUT2D eigenvalue weighted by Crippen LogP contribution is -2.34. The number of aromatic nitrogens is 2. The first-order valence-electron chi connectivity index (χ1n) is 10.4. The second kappa shape index (κ2) is 8.90. The summed E-state index contributed by atoms with van der Waals surface area (Å²) in [6.45, 7) is 0.364. The lowest BCUT2D eigenvalue weighted by molar-refractivity contribution is 0.00871. The van der Waals surface area contributed by atoms with E-state index >= 15 is 0 Å². The number of halogens is 2. The van der Waals surface area contributed by atoms with Crippen LogP contribution in [0.1, 0.15) is 0 Å². The van der Waals surface area contributed by atoms with Gasteiger partial charge in [0.25, 0.3) is 0 Å². The minimum Gasteiger partial charge on any atom is -0.483 e. The SMILES string of the molecule is CS(C)(=O)=Nc1cc(Cl)c2c(Nc3ccc(F)cc3O[C@@H]3CO[C@H]4[C@@H]3OC[C@@H]4O)ncnc2c1. The van der Waals surface area contributed by atoms with E-state index in [1.807, 2.05) is 0 Å². The third-order valence-electron chi connectivity index (χ3n) is 5.46. The molecule has 2 saturated heterocycles. The monoisotopic (exact) mass is 508 g/mol. The molecule has 12 heteroatoms. The van der Waals surface area contributed by atoms with E-state index in [4.69, 9.17) is 25.8 Å². The third-order valence-corrected chi connectivity index (χ3v) is 6.41.